The Hall–Kier alpha value is -1.10. The van der Waals surface area contributed by atoms with Crippen molar-refractivity contribution in [2.45, 2.75) is 52.1 Å². The molecule has 1 amide bonds. The van der Waals surface area contributed by atoms with Gasteiger partial charge >= 0.3 is 5.97 Å². The average molecular weight is 283 g/mol. The zero-order valence-corrected chi connectivity index (χ0v) is 12.4. The van der Waals surface area contributed by atoms with Gasteiger partial charge in [0, 0.05) is 13.2 Å². The first kappa shape index (κ1) is 15.3. The normalized spacial score (nSPS) is 31.6. The summed E-state index contributed by atoms with van der Waals surface area (Å²) in [6.07, 6.45) is 5.70. The van der Waals surface area contributed by atoms with Gasteiger partial charge in [0.25, 0.3) is 0 Å². The summed E-state index contributed by atoms with van der Waals surface area (Å²) in [5, 5.41) is 11.9. The van der Waals surface area contributed by atoms with Gasteiger partial charge in [-0.2, -0.15) is 0 Å². The highest BCUT2D eigenvalue weighted by molar-refractivity contribution is 5.91. The lowest BCUT2D eigenvalue weighted by molar-refractivity contribution is -0.140. The first-order valence-corrected chi connectivity index (χ1v) is 7.56. The first-order valence-electron chi connectivity index (χ1n) is 7.56. The van der Waals surface area contributed by atoms with Crippen LogP contribution in [-0.4, -0.2) is 36.2 Å². The fourth-order valence-electron chi connectivity index (χ4n) is 3.27. The van der Waals surface area contributed by atoms with Crippen LogP contribution in [0.25, 0.3) is 0 Å². The maximum atomic E-state index is 12.0. The quantitative estimate of drug-likeness (QED) is 0.729. The van der Waals surface area contributed by atoms with Gasteiger partial charge in [0.15, 0.2) is 0 Å². The van der Waals surface area contributed by atoms with E-state index in [4.69, 9.17) is 9.84 Å². The Morgan fingerprint density at radius 2 is 2.05 bits per heavy atom. The molecule has 5 heteroatoms. The Labute approximate surface area is 120 Å². The van der Waals surface area contributed by atoms with Crippen LogP contribution in [0.5, 0.6) is 0 Å². The molecule has 3 atom stereocenters. The summed E-state index contributed by atoms with van der Waals surface area (Å²) in [5.74, 6) is -1.91. The minimum atomic E-state index is -0.870. The number of carbonyl (C=O) groups is 2. The van der Waals surface area contributed by atoms with Crippen LogP contribution < -0.4 is 5.32 Å². The van der Waals surface area contributed by atoms with Crippen molar-refractivity contribution < 1.29 is 19.4 Å². The molecule has 0 bridgehead atoms. The van der Waals surface area contributed by atoms with E-state index in [1.807, 2.05) is 13.8 Å². The van der Waals surface area contributed by atoms with E-state index in [0.29, 0.717) is 12.6 Å². The molecular weight excluding hydrogens is 258 g/mol. The standard InChI is InChI=1S/C15H25NO4/c1-15(2)11(12(15)14(18)19)13(17)16-8-5-7-10-6-3-4-9-20-10/h10-12H,3-9H2,1-2H3,(H,16,17)(H,18,19)/t10?,11-,12+/m1/s1. The number of carboxylic acids is 1. The molecule has 2 rings (SSSR count). The van der Waals surface area contributed by atoms with Crippen molar-refractivity contribution in [1.82, 2.24) is 5.32 Å². The van der Waals surface area contributed by atoms with Crippen molar-refractivity contribution >= 4 is 11.9 Å². The summed E-state index contributed by atoms with van der Waals surface area (Å²) in [7, 11) is 0. The summed E-state index contributed by atoms with van der Waals surface area (Å²) >= 11 is 0. The van der Waals surface area contributed by atoms with Crippen molar-refractivity contribution in [2.75, 3.05) is 13.2 Å². The second-order valence-electron chi connectivity index (χ2n) is 6.54. The van der Waals surface area contributed by atoms with Gasteiger partial charge in [-0.15, -0.1) is 0 Å². The molecule has 2 aliphatic rings. The molecule has 20 heavy (non-hydrogen) atoms. The zero-order chi connectivity index (χ0) is 14.8. The van der Waals surface area contributed by atoms with Crippen molar-refractivity contribution in [2.24, 2.45) is 17.3 Å². The molecule has 0 radical (unpaired) electrons. The highest BCUT2D eigenvalue weighted by Gasteiger charge is 2.65. The van der Waals surface area contributed by atoms with Crippen LogP contribution >= 0.6 is 0 Å². The maximum Gasteiger partial charge on any atom is 0.307 e. The van der Waals surface area contributed by atoms with E-state index >= 15 is 0 Å². The second kappa shape index (κ2) is 6.12. The van der Waals surface area contributed by atoms with E-state index in [9.17, 15) is 9.59 Å². The number of amides is 1. The number of aliphatic carboxylic acids is 1. The van der Waals surface area contributed by atoms with E-state index < -0.39 is 17.3 Å². The predicted octanol–water partition coefficient (Wildman–Crippen LogP) is 1.81. The van der Waals surface area contributed by atoms with Crippen molar-refractivity contribution in [3.63, 3.8) is 0 Å². The molecule has 0 aromatic rings. The predicted molar refractivity (Wildman–Crippen MR) is 74.2 cm³/mol. The molecule has 5 nitrogen and oxygen atoms in total. The van der Waals surface area contributed by atoms with Gasteiger partial charge < -0.3 is 15.2 Å². The molecule has 1 saturated heterocycles. The minimum Gasteiger partial charge on any atom is -0.481 e. The molecule has 0 aromatic carbocycles. The highest BCUT2D eigenvalue weighted by Crippen LogP contribution is 2.58. The molecule has 1 saturated carbocycles. The Bertz CT molecular complexity index is 374. The molecular formula is C15H25NO4. The van der Waals surface area contributed by atoms with Gasteiger partial charge in [0.05, 0.1) is 17.9 Å². The van der Waals surface area contributed by atoms with E-state index in [1.54, 1.807) is 0 Å². The zero-order valence-electron chi connectivity index (χ0n) is 12.4. The molecule has 1 aliphatic heterocycles. The van der Waals surface area contributed by atoms with E-state index in [1.165, 1.54) is 6.42 Å². The molecule has 114 valence electrons. The molecule has 1 aliphatic carbocycles. The number of ether oxygens (including phenoxy) is 1. The molecule has 1 heterocycles. The lowest BCUT2D eigenvalue weighted by Gasteiger charge is -2.22. The molecule has 0 spiro atoms. The summed E-state index contributed by atoms with van der Waals surface area (Å²) in [5.41, 5.74) is -0.414. The number of hydrogen-bond donors (Lipinski definition) is 2. The Morgan fingerprint density at radius 3 is 2.60 bits per heavy atom. The Kier molecular flexibility index (Phi) is 4.68. The van der Waals surface area contributed by atoms with Crippen LogP contribution in [0.4, 0.5) is 0 Å². The smallest absolute Gasteiger partial charge is 0.307 e. The van der Waals surface area contributed by atoms with Crippen molar-refractivity contribution in [1.29, 1.82) is 0 Å². The Balaban J connectivity index is 1.65. The van der Waals surface area contributed by atoms with Crippen LogP contribution in [0.15, 0.2) is 0 Å². The molecule has 1 unspecified atom stereocenters. The lowest BCUT2D eigenvalue weighted by atomic mass is 10.0. The number of nitrogens with one attached hydrogen (secondary N) is 1. The van der Waals surface area contributed by atoms with Gasteiger partial charge in [0.1, 0.15) is 0 Å². The van der Waals surface area contributed by atoms with Crippen LogP contribution in [0.3, 0.4) is 0 Å². The second-order valence-corrected chi connectivity index (χ2v) is 6.54. The van der Waals surface area contributed by atoms with Gasteiger partial charge in [0.2, 0.25) is 5.91 Å². The average Bonchev–Trinajstić information content (AvgIpc) is 2.99. The van der Waals surface area contributed by atoms with Gasteiger partial charge in [-0.25, -0.2) is 0 Å². The van der Waals surface area contributed by atoms with Crippen molar-refractivity contribution in [3.05, 3.63) is 0 Å². The summed E-state index contributed by atoms with van der Waals surface area (Å²) in [6, 6.07) is 0. The number of hydrogen-bond acceptors (Lipinski definition) is 3. The third-order valence-electron chi connectivity index (χ3n) is 4.65. The molecule has 2 fully saturated rings. The van der Waals surface area contributed by atoms with Crippen LogP contribution in [0.1, 0.15) is 46.0 Å². The molecule has 0 aromatic heterocycles. The van der Waals surface area contributed by atoms with E-state index in [-0.39, 0.29) is 11.8 Å². The SMILES string of the molecule is CC1(C)[C@H](C(=O)O)[C@@H]1C(=O)NCCCC1CCCCO1. The van der Waals surface area contributed by atoms with Gasteiger partial charge in [-0.1, -0.05) is 13.8 Å². The first-order chi connectivity index (χ1) is 9.44. The third kappa shape index (κ3) is 3.32. The summed E-state index contributed by atoms with van der Waals surface area (Å²) in [6.45, 7) is 5.14. The van der Waals surface area contributed by atoms with E-state index in [2.05, 4.69) is 5.32 Å². The number of carboxylic acid groups (broad SMARTS) is 1. The van der Waals surface area contributed by atoms with E-state index in [0.717, 1.165) is 32.3 Å². The third-order valence-corrected chi connectivity index (χ3v) is 4.65. The number of rotatable bonds is 6. The van der Waals surface area contributed by atoms with Gasteiger partial charge in [-0.3, -0.25) is 9.59 Å². The van der Waals surface area contributed by atoms with Gasteiger partial charge in [-0.05, 0) is 37.5 Å². The minimum absolute atomic E-state index is 0.119. The van der Waals surface area contributed by atoms with Crippen LogP contribution in [-0.2, 0) is 14.3 Å². The monoisotopic (exact) mass is 283 g/mol. The van der Waals surface area contributed by atoms with Crippen LogP contribution in [0.2, 0.25) is 0 Å². The fourth-order valence-corrected chi connectivity index (χ4v) is 3.27. The largest absolute Gasteiger partial charge is 0.481 e. The van der Waals surface area contributed by atoms with Crippen LogP contribution in [0, 0.1) is 17.3 Å². The molecule has 2 N–H and O–H groups in total. The van der Waals surface area contributed by atoms with Crippen molar-refractivity contribution in [3.8, 4) is 0 Å². The highest BCUT2D eigenvalue weighted by atomic mass is 16.5. The number of carbonyl (C=O) groups excluding carboxylic acids is 1. The fraction of sp³-hybridized carbons (Fsp3) is 0.867. The Morgan fingerprint density at radius 1 is 1.30 bits per heavy atom. The maximum absolute atomic E-state index is 12.0. The summed E-state index contributed by atoms with van der Waals surface area (Å²) < 4.78 is 5.64. The topological polar surface area (TPSA) is 75.6 Å². The summed E-state index contributed by atoms with van der Waals surface area (Å²) in [4.78, 5) is 23.0. The lowest BCUT2D eigenvalue weighted by Crippen LogP contribution is -2.29.